The minimum absolute atomic E-state index is 0.605. The largest absolute Gasteiger partial charge is 0.312 e. The van der Waals surface area contributed by atoms with Crippen LogP contribution in [0.15, 0.2) is 12.4 Å². The normalized spacial score (nSPS) is 18.8. The van der Waals surface area contributed by atoms with E-state index in [1.807, 2.05) is 10.9 Å². The van der Waals surface area contributed by atoms with Crippen molar-refractivity contribution in [1.29, 1.82) is 0 Å². The maximum atomic E-state index is 4.21. The van der Waals surface area contributed by atoms with E-state index in [1.165, 1.54) is 5.46 Å². The lowest BCUT2D eigenvalue weighted by atomic mass is 10.0. The molecule has 52 valence electrons. The van der Waals surface area contributed by atoms with Crippen LogP contribution in [0.25, 0.3) is 0 Å². The standard InChI is InChI=1S/C6H10BN3/c7-5-1-9-10(4-5)6-2-8-3-6/h1,4,6,8H,2-3,7H2. The highest BCUT2D eigenvalue weighted by molar-refractivity contribution is 6.31. The summed E-state index contributed by atoms with van der Waals surface area (Å²) in [5.41, 5.74) is 1.24. The highest BCUT2D eigenvalue weighted by atomic mass is 15.3. The van der Waals surface area contributed by atoms with Crippen LogP contribution >= 0.6 is 0 Å². The van der Waals surface area contributed by atoms with Gasteiger partial charge in [-0.15, -0.1) is 0 Å². The van der Waals surface area contributed by atoms with E-state index in [2.05, 4.69) is 24.5 Å². The number of aromatic nitrogens is 2. The van der Waals surface area contributed by atoms with Gasteiger partial charge in [-0.2, -0.15) is 5.10 Å². The van der Waals surface area contributed by atoms with Gasteiger partial charge in [0.15, 0.2) is 0 Å². The van der Waals surface area contributed by atoms with Crippen LogP contribution in [0, 0.1) is 0 Å². The second-order valence-corrected chi connectivity index (χ2v) is 2.81. The molecule has 1 aliphatic heterocycles. The van der Waals surface area contributed by atoms with E-state index in [9.17, 15) is 0 Å². The van der Waals surface area contributed by atoms with Crippen molar-refractivity contribution in [3.05, 3.63) is 12.4 Å². The van der Waals surface area contributed by atoms with E-state index in [-0.39, 0.29) is 0 Å². The summed E-state index contributed by atoms with van der Waals surface area (Å²) >= 11 is 0. The second-order valence-electron chi connectivity index (χ2n) is 2.81. The molecule has 2 heterocycles. The Hall–Kier alpha value is -0.765. The molecule has 1 saturated heterocycles. The molecule has 2 rings (SSSR count). The molecule has 1 fully saturated rings. The molecule has 4 heteroatoms. The third-order valence-corrected chi connectivity index (χ3v) is 1.86. The summed E-state index contributed by atoms with van der Waals surface area (Å²) in [4.78, 5) is 0. The second kappa shape index (κ2) is 2.13. The zero-order chi connectivity index (χ0) is 6.97. The first-order valence-corrected chi connectivity index (χ1v) is 3.58. The summed E-state index contributed by atoms with van der Waals surface area (Å²) < 4.78 is 2.03. The van der Waals surface area contributed by atoms with Gasteiger partial charge in [-0.25, -0.2) is 0 Å². The Labute approximate surface area is 60.8 Å². The van der Waals surface area contributed by atoms with Crippen molar-refractivity contribution in [1.82, 2.24) is 15.1 Å². The SMILES string of the molecule is Bc1cnn(C2CNC2)c1. The molecular formula is C6H10BN3. The fraction of sp³-hybridized carbons (Fsp3) is 0.500. The molecule has 0 atom stereocenters. The van der Waals surface area contributed by atoms with Crippen LogP contribution in [0.5, 0.6) is 0 Å². The highest BCUT2D eigenvalue weighted by Crippen LogP contribution is 2.07. The summed E-state index contributed by atoms with van der Waals surface area (Å²) in [6, 6.07) is 0.605. The number of hydrogen-bond acceptors (Lipinski definition) is 2. The first-order valence-electron chi connectivity index (χ1n) is 3.58. The quantitative estimate of drug-likeness (QED) is 0.464. The Morgan fingerprint density at radius 2 is 2.50 bits per heavy atom. The van der Waals surface area contributed by atoms with E-state index < -0.39 is 0 Å². The number of nitrogens with one attached hydrogen (secondary N) is 1. The van der Waals surface area contributed by atoms with Crippen molar-refractivity contribution >= 4 is 13.3 Å². The van der Waals surface area contributed by atoms with E-state index in [0.717, 1.165) is 13.1 Å². The summed E-state index contributed by atoms with van der Waals surface area (Å²) in [6.07, 6.45) is 3.99. The lowest BCUT2D eigenvalue weighted by Crippen LogP contribution is -2.43. The molecule has 0 unspecified atom stereocenters. The Kier molecular flexibility index (Phi) is 1.27. The summed E-state index contributed by atoms with van der Waals surface area (Å²) in [6.45, 7) is 2.14. The maximum Gasteiger partial charge on any atom is 0.143 e. The lowest BCUT2D eigenvalue weighted by Gasteiger charge is -2.27. The predicted molar refractivity (Wildman–Crippen MR) is 42.3 cm³/mol. The van der Waals surface area contributed by atoms with Gasteiger partial charge < -0.3 is 5.32 Å². The van der Waals surface area contributed by atoms with Crippen molar-refractivity contribution < 1.29 is 0 Å². The summed E-state index contributed by atoms with van der Waals surface area (Å²) in [5.74, 6) is 0. The Morgan fingerprint density at radius 1 is 1.70 bits per heavy atom. The van der Waals surface area contributed by atoms with Crippen LogP contribution in [0.2, 0.25) is 0 Å². The summed E-state index contributed by atoms with van der Waals surface area (Å²) in [5, 5.41) is 7.42. The number of nitrogens with zero attached hydrogens (tertiary/aromatic N) is 2. The number of rotatable bonds is 1. The monoisotopic (exact) mass is 135 g/mol. The van der Waals surface area contributed by atoms with Gasteiger partial charge in [0.2, 0.25) is 0 Å². The first kappa shape index (κ1) is 5.98. The average molecular weight is 135 g/mol. The van der Waals surface area contributed by atoms with E-state index in [1.54, 1.807) is 0 Å². The molecule has 0 bridgehead atoms. The Morgan fingerprint density at radius 3 is 2.90 bits per heavy atom. The summed E-state index contributed by atoms with van der Waals surface area (Å²) in [7, 11) is 2.07. The minimum atomic E-state index is 0.605. The Bertz CT molecular complexity index is 229. The molecule has 10 heavy (non-hydrogen) atoms. The predicted octanol–water partition coefficient (Wildman–Crippen LogP) is -1.71. The molecule has 3 nitrogen and oxygen atoms in total. The van der Waals surface area contributed by atoms with Crippen LogP contribution in [0.3, 0.4) is 0 Å². The van der Waals surface area contributed by atoms with Gasteiger partial charge in [0.25, 0.3) is 0 Å². The zero-order valence-electron chi connectivity index (χ0n) is 6.04. The molecule has 0 aromatic carbocycles. The Balaban J connectivity index is 2.17. The average Bonchev–Trinajstić information content (AvgIpc) is 2.10. The highest BCUT2D eigenvalue weighted by Gasteiger charge is 2.18. The maximum absolute atomic E-state index is 4.21. The first-order chi connectivity index (χ1) is 4.86. The van der Waals surface area contributed by atoms with Crippen LogP contribution in [-0.4, -0.2) is 30.7 Å². The third-order valence-electron chi connectivity index (χ3n) is 1.86. The van der Waals surface area contributed by atoms with Crippen LogP contribution < -0.4 is 10.8 Å². The van der Waals surface area contributed by atoms with Crippen molar-refractivity contribution in [2.45, 2.75) is 6.04 Å². The molecule has 0 spiro atoms. The fourth-order valence-electron chi connectivity index (χ4n) is 1.09. The molecule has 0 radical (unpaired) electrons. The van der Waals surface area contributed by atoms with Crippen LogP contribution in [0.1, 0.15) is 6.04 Å². The van der Waals surface area contributed by atoms with Gasteiger partial charge in [-0.1, -0.05) is 5.46 Å². The molecule has 0 saturated carbocycles. The third kappa shape index (κ3) is 0.846. The van der Waals surface area contributed by atoms with E-state index in [4.69, 9.17) is 0 Å². The van der Waals surface area contributed by atoms with Crippen LogP contribution in [0.4, 0.5) is 0 Å². The van der Waals surface area contributed by atoms with Gasteiger partial charge in [0.1, 0.15) is 7.85 Å². The smallest absolute Gasteiger partial charge is 0.143 e. The number of hydrogen-bond donors (Lipinski definition) is 1. The van der Waals surface area contributed by atoms with Crippen molar-refractivity contribution in [2.24, 2.45) is 0 Å². The molecule has 0 aliphatic carbocycles. The molecule has 1 aromatic rings. The van der Waals surface area contributed by atoms with Gasteiger partial charge in [0, 0.05) is 25.5 Å². The van der Waals surface area contributed by atoms with E-state index in [0.29, 0.717) is 6.04 Å². The zero-order valence-corrected chi connectivity index (χ0v) is 6.04. The van der Waals surface area contributed by atoms with Gasteiger partial charge in [-0.05, 0) is 0 Å². The minimum Gasteiger partial charge on any atom is -0.312 e. The van der Waals surface area contributed by atoms with Crippen LogP contribution in [-0.2, 0) is 0 Å². The molecular weight excluding hydrogens is 125 g/mol. The lowest BCUT2D eigenvalue weighted by molar-refractivity contribution is 0.318. The molecule has 1 aromatic heterocycles. The molecule has 0 amide bonds. The van der Waals surface area contributed by atoms with Gasteiger partial charge >= 0.3 is 0 Å². The fourth-order valence-corrected chi connectivity index (χ4v) is 1.09. The van der Waals surface area contributed by atoms with Gasteiger partial charge in [-0.3, -0.25) is 4.68 Å². The van der Waals surface area contributed by atoms with Gasteiger partial charge in [0.05, 0.1) is 6.04 Å². The van der Waals surface area contributed by atoms with Crippen molar-refractivity contribution in [3.8, 4) is 0 Å². The van der Waals surface area contributed by atoms with Crippen molar-refractivity contribution in [3.63, 3.8) is 0 Å². The topological polar surface area (TPSA) is 29.9 Å². The van der Waals surface area contributed by atoms with E-state index >= 15 is 0 Å². The van der Waals surface area contributed by atoms with Crippen molar-refractivity contribution in [2.75, 3.05) is 13.1 Å². The molecule has 1 aliphatic rings. The molecule has 1 N–H and O–H groups in total.